The molecular formula is C16H13N3S. The fourth-order valence-electron chi connectivity index (χ4n) is 2.00. The van der Waals surface area contributed by atoms with E-state index in [1.54, 1.807) is 11.3 Å². The number of aromatic nitrogens is 1. The molecule has 2 aromatic heterocycles. The fourth-order valence-corrected chi connectivity index (χ4v) is 2.75. The minimum atomic E-state index is 0.730. The van der Waals surface area contributed by atoms with E-state index in [9.17, 15) is 0 Å². The van der Waals surface area contributed by atoms with Gasteiger partial charge in [-0.05, 0) is 36.4 Å². The van der Waals surface area contributed by atoms with Crippen molar-refractivity contribution in [2.24, 2.45) is 0 Å². The highest BCUT2D eigenvalue weighted by molar-refractivity contribution is 7.10. The monoisotopic (exact) mass is 279 g/mol. The molecule has 2 heterocycles. The summed E-state index contributed by atoms with van der Waals surface area (Å²) in [5.74, 6) is 0. The summed E-state index contributed by atoms with van der Waals surface area (Å²) in [5.41, 5.74) is 2.93. The Balaban J connectivity index is 1.72. The molecule has 0 aliphatic rings. The number of hydrogen-bond acceptors (Lipinski definition) is 3. The van der Waals surface area contributed by atoms with E-state index < -0.39 is 0 Å². The first-order valence-corrected chi connectivity index (χ1v) is 7.18. The van der Waals surface area contributed by atoms with Gasteiger partial charge in [-0.15, -0.1) is 11.3 Å². The Morgan fingerprint density at radius 2 is 2.00 bits per heavy atom. The number of rotatable bonds is 4. The van der Waals surface area contributed by atoms with E-state index in [2.05, 4.69) is 28.1 Å². The molecule has 3 nitrogen and oxygen atoms in total. The molecule has 0 unspecified atom stereocenters. The number of nitrogens with one attached hydrogen (secondary N) is 1. The lowest BCUT2D eigenvalue weighted by Gasteiger charge is -2.08. The minimum absolute atomic E-state index is 0.730. The maximum absolute atomic E-state index is 8.81. The maximum atomic E-state index is 8.81. The van der Waals surface area contributed by atoms with Crippen LogP contribution in [0.4, 0.5) is 5.69 Å². The normalized spacial score (nSPS) is 10.2. The third kappa shape index (κ3) is 2.73. The molecule has 0 spiro atoms. The molecule has 98 valence electrons. The number of anilines is 1. The van der Waals surface area contributed by atoms with Gasteiger partial charge < -0.3 is 9.88 Å². The Morgan fingerprint density at radius 3 is 2.75 bits per heavy atom. The molecule has 1 N–H and O–H groups in total. The lowest BCUT2D eigenvalue weighted by Crippen LogP contribution is -1.98. The summed E-state index contributed by atoms with van der Waals surface area (Å²) in [4.78, 5) is 1.16. The summed E-state index contributed by atoms with van der Waals surface area (Å²) in [5, 5.41) is 14.1. The van der Waals surface area contributed by atoms with Gasteiger partial charge in [-0.1, -0.05) is 6.07 Å². The molecular weight excluding hydrogens is 266 g/mol. The Bertz CT molecular complexity index is 735. The fraction of sp³-hybridized carbons (Fsp3) is 0.0625. The molecule has 0 fully saturated rings. The first-order valence-electron chi connectivity index (χ1n) is 6.30. The van der Waals surface area contributed by atoms with Crippen LogP contribution in [0, 0.1) is 11.3 Å². The second-order valence-electron chi connectivity index (χ2n) is 4.41. The van der Waals surface area contributed by atoms with Crippen LogP contribution in [0.15, 0.2) is 60.2 Å². The van der Waals surface area contributed by atoms with Crippen LogP contribution in [0.5, 0.6) is 0 Å². The van der Waals surface area contributed by atoms with Crippen molar-refractivity contribution < 1.29 is 0 Å². The molecule has 0 saturated carbocycles. The van der Waals surface area contributed by atoms with Crippen LogP contribution in [0.2, 0.25) is 0 Å². The molecule has 0 radical (unpaired) electrons. The Kier molecular flexibility index (Phi) is 3.53. The molecule has 0 bridgehead atoms. The van der Waals surface area contributed by atoms with Crippen molar-refractivity contribution >= 4 is 17.0 Å². The second-order valence-corrected chi connectivity index (χ2v) is 5.40. The van der Waals surface area contributed by atoms with Gasteiger partial charge in [0.2, 0.25) is 0 Å². The lowest BCUT2D eigenvalue weighted by atomic mass is 10.2. The van der Waals surface area contributed by atoms with Crippen molar-refractivity contribution in [3.8, 4) is 11.8 Å². The van der Waals surface area contributed by atoms with Crippen LogP contribution in [-0.2, 0) is 6.54 Å². The van der Waals surface area contributed by atoms with Crippen molar-refractivity contribution in [1.29, 1.82) is 5.26 Å². The average Bonchev–Trinajstić information content (AvgIpc) is 3.17. The van der Waals surface area contributed by atoms with E-state index in [-0.39, 0.29) is 0 Å². The summed E-state index contributed by atoms with van der Waals surface area (Å²) >= 11 is 1.61. The van der Waals surface area contributed by atoms with Crippen LogP contribution < -0.4 is 5.32 Å². The van der Waals surface area contributed by atoms with Gasteiger partial charge in [-0.2, -0.15) is 5.26 Å². The van der Waals surface area contributed by atoms with E-state index >= 15 is 0 Å². The van der Waals surface area contributed by atoms with E-state index in [0.717, 1.165) is 28.4 Å². The maximum Gasteiger partial charge on any atom is 0.100 e. The molecule has 4 heteroatoms. The first kappa shape index (κ1) is 12.5. The van der Waals surface area contributed by atoms with Crippen molar-refractivity contribution in [1.82, 2.24) is 4.57 Å². The van der Waals surface area contributed by atoms with Crippen molar-refractivity contribution in [2.75, 3.05) is 5.32 Å². The predicted molar refractivity (Wildman–Crippen MR) is 82.1 cm³/mol. The SMILES string of the molecule is N#Cc1csc(CNc2cccc(-n3cccc3)c2)c1. The third-order valence-electron chi connectivity index (χ3n) is 3.00. The first-order chi connectivity index (χ1) is 9.85. The number of nitrogens with zero attached hydrogens (tertiary/aromatic N) is 2. The highest BCUT2D eigenvalue weighted by atomic mass is 32.1. The molecule has 0 aliphatic carbocycles. The summed E-state index contributed by atoms with van der Waals surface area (Å²) < 4.78 is 2.07. The van der Waals surface area contributed by atoms with Gasteiger partial charge in [0.1, 0.15) is 6.07 Å². The van der Waals surface area contributed by atoms with Crippen molar-refractivity contribution in [2.45, 2.75) is 6.54 Å². The van der Waals surface area contributed by atoms with E-state index in [0.29, 0.717) is 0 Å². The molecule has 3 aromatic rings. The summed E-state index contributed by atoms with van der Waals surface area (Å²) in [6, 6.07) is 16.4. The van der Waals surface area contributed by atoms with Gasteiger partial charge >= 0.3 is 0 Å². The predicted octanol–water partition coefficient (Wildman–Crippen LogP) is 4.02. The highest BCUT2D eigenvalue weighted by Crippen LogP contribution is 2.18. The number of hydrogen-bond donors (Lipinski definition) is 1. The topological polar surface area (TPSA) is 40.8 Å². The Hall–Kier alpha value is -2.51. The lowest BCUT2D eigenvalue weighted by molar-refractivity contribution is 1.08. The van der Waals surface area contributed by atoms with Gasteiger partial charge in [-0.25, -0.2) is 0 Å². The van der Waals surface area contributed by atoms with Gasteiger partial charge in [0, 0.05) is 40.6 Å². The number of nitriles is 1. The zero-order valence-electron chi connectivity index (χ0n) is 10.8. The standard InChI is InChI=1S/C16H13N3S/c17-10-13-8-16(20-12-13)11-18-14-4-3-5-15(9-14)19-6-1-2-7-19/h1-9,12,18H,11H2. The zero-order valence-corrected chi connectivity index (χ0v) is 11.6. The largest absolute Gasteiger partial charge is 0.380 e. The molecule has 0 atom stereocenters. The third-order valence-corrected chi connectivity index (χ3v) is 3.94. The van der Waals surface area contributed by atoms with Crippen LogP contribution in [-0.4, -0.2) is 4.57 Å². The number of benzene rings is 1. The van der Waals surface area contributed by atoms with Gasteiger partial charge in [-0.3, -0.25) is 0 Å². The molecule has 3 rings (SSSR count). The summed E-state index contributed by atoms with van der Waals surface area (Å²) in [7, 11) is 0. The van der Waals surface area contributed by atoms with Gasteiger partial charge in [0.05, 0.1) is 5.56 Å². The average molecular weight is 279 g/mol. The van der Waals surface area contributed by atoms with Crippen LogP contribution in [0.1, 0.15) is 10.4 Å². The minimum Gasteiger partial charge on any atom is -0.380 e. The molecule has 0 amide bonds. The summed E-state index contributed by atoms with van der Waals surface area (Å²) in [6.07, 6.45) is 4.05. The zero-order chi connectivity index (χ0) is 13.8. The molecule has 0 aliphatic heterocycles. The highest BCUT2D eigenvalue weighted by Gasteiger charge is 2.00. The van der Waals surface area contributed by atoms with E-state index in [4.69, 9.17) is 5.26 Å². The quantitative estimate of drug-likeness (QED) is 0.783. The van der Waals surface area contributed by atoms with Gasteiger partial charge in [0.25, 0.3) is 0 Å². The molecule has 0 saturated heterocycles. The number of thiophene rings is 1. The van der Waals surface area contributed by atoms with E-state index in [1.165, 1.54) is 0 Å². The van der Waals surface area contributed by atoms with Crippen LogP contribution in [0.25, 0.3) is 5.69 Å². The second kappa shape index (κ2) is 5.64. The smallest absolute Gasteiger partial charge is 0.100 e. The molecule has 20 heavy (non-hydrogen) atoms. The van der Waals surface area contributed by atoms with Crippen LogP contribution in [0.3, 0.4) is 0 Å². The van der Waals surface area contributed by atoms with Crippen molar-refractivity contribution in [3.63, 3.8) is 0 Å². The molecule has 1 aromatic carbocycles. The van der Waals surface area contributed by atoms with Gasteiger partial charge in [0.15, 0.2) is 0 Å². The Labute approximate surface area is 121 Å². The van der Waals surface area contributed by atoms with E-state index in [1.807, 2.05) is 48.1 Å². The van der Waals surface area contributed by atoms with Crippen LogP contribution >= 0.6 is 11.3 Å². The Morgan fingerprint density at radius 1 is 1.15 bits per heavy atom. The van der Waals surface area contributed by atoms with Crippen molar-refractivity contribution in [3.05, 3.63) is 70.7 Å². The summed E-state index contributed by atoms with van der Waals surface area (Å²) in [6.45, 7) is 0.738.